The van der Waals surface area contributed by atoms with E-state index in [0.29, 0.717) is 18.2 Å². The predicted octanol–water partition coefficient (Wildman–Crippen LogP) is 1.66. The van der Waals surface area contributed by atoms with Gasteiger partial charge in [0.2, 0.25) is 5.91 Å². The van der Waals surface area contributed by atoms with Crippen LogP contribution in [0.2, 0.25) is 5.02 Å². The van der Waals surface area contributed by atoms with E-state index in [1.165, 1.54) is 24.3 Å². The van der Waals surface area contributed by atoms with Crippen LogP contribution in [0.5, 0.6) is 0 Å². The summed E-state index contributed by atoms with van der Waals surface area (Å²) in [4.78, 5) is 18.6. The average molecular weight is 410 g/mol. The quantitative estimate of drug-likeness (QED) is 0.780. The summed E-state index contributed by atoms with van der Waals surface area (Å²) in [6.45, 7) is 3.17. The number of anilines is 1. The number of carbonyl (C=O) groups is 1. The molecule has 27 heavy (non-hydrogen) atoms. The number of rotatable bonds is 6. The van der Waals surface area contributed by atoms with Gasteiger partial charge in [-0.3, -0.25) is 4.79 Å². The highest BCUT2D eigenvalue weighted by Gasteiger charge is 2.19. The molecule has 0 aliphatic carbocycles. The molecule has 7 nitrogen and oxygen atoms in total. The van der Waals surface area contributed by atoms with Gasteiger partial charge >= 0.3 is 0 Å². The average Bonchev–Trinajstić information content (AvgIpc) is 2.67. The molecule has 0 spiro atoms. The molecule has 9 heteroatoms. The lowest BCUT2D eigenvalue weighted by molar-refractivity contribution is -0.118. The van der Waals surface area contributed by atoms with Crippen molar-refractivity contribution < 1.29 is 17.9 Å². The molecule has 1 aliphatic heterocycles. The Morgan fingerprint density at radius 1 is 1.15 bits per heavy atom. The van der Waals surface area contributed by atoms with Crippen LogP contribution in [-0.4, -0.2) is 51.4 Å². The first-order valence-electron chi connectivity index (χ1n) is 8.47. The van der Waals surface area contributed by atoms with Gasteiger partial charge in [0.1, 0.15) is 11.6 Å². The minimum Gasteiger partial charge on any atom is -0.378 e. The first-order chi connectivity index (χ1) is 12.9. The number of amides is 1. The first-order valence-corrected chi connectivity index (χ1v) is 10.5. The minimum absolute atomic E-state index is 0.0681. The molecule has 0 atom stereocenters. The van der Waals surface area contributed by atoms with Crippen LogP contribution in [0.25, 0.3) is 0 Å². The van der Waals surface area contributed by atoms with Crippen molar-refractivity contribution in [2.45, 2.75) is 11.4 Å². The zero-order valence-electron chi connectivity index (χ0n) is 14.6. The van der Waals surface area contributed by atoms with Crippen molar-refractivity contribution in [2.24, 2.45) is 0 Å². The van der Waals surface area contributed by atoms with Crippen LogP contribution in [-0.2, 0) is 25.9 Å². The van der Waals surface area contributed by atoms with Gasteiger partial charge in [-0.1, -0.05) is 17.7 Å². The first kappa shape index (κ1) is 19.6. The second kappa shape index (κ2) is 8.69. The highest BCUT2D eigenvalue weighted by atomic mass is 35.5. The van der Waals surface area contributed by atoms with Gasteiger partial charge in [0.25, 0.3) is 0 Å². The van der Waals surface area contributed by atoms with Crippen molar-refractivity contribution in [3.05, 3.63) is 53.2 Å². The largest absolute Gasteiger partial charge is 0.378 e. The van der Waals surface area contributed by atoms with Gasteiger partial charge < -0.3 is 15.0 Å². The predicted molar refractivity (Wildman–Crippen MR) is 103 cm³/mol. The summed E-state index contributed by atoms with van der Waals surface area (Å²) in [5.74, 6) is -0.325. The van der Waals surface area contributed by atoms with E-state index in [1.807, 2.05) is 12.1 Å². The van der Waals surface area contributed by atoms with Crippen LogP contribution in [0, 0.1) is 0 Å². The van der Waals surface area contributed by atoms with Gasteiger partial charge in [0.15, 0.2) is 9.84 Å². The Hall–Kier alpha value is -2.16. The highest BCUT2D eigenvalue weighted by molar-refractivity contribution is 7.92. The number of benzene rings is 1. The van der Waals surface area contributed by atoms with Crippen LogP contribution in [0.1, 0.15) is 5.56 Å². The molecule has 0 unspecified atom stereocenters. The van der Waals surface area contributed by atoms with Gasteiger partial charge in [0, 0.05) is 30.9 Å². The van der Waals surface area contributed by atoms with Crippen LogP contribution in [0.3, 0.4) is 0 Å². The molecule has 1 amide bonds. The fraction of sp³-hybridized carbons (Fsp3) is 0.333. The maximum absolute atomic E-state index is 12.3. The molecule has 1 N–H and O–H groups in total. The van der Waals surface area contributed by atoms with E-state index < -0.39 is 21.5 Å². The van der Waals surface area contributed by atoms with Gasteiger partial charge in [-0.15, -0.1) is 0 Å². The summed E-state index contributed by atoms with van der Waals surface area (Å²) >= 11 is 5.76. The standard InChI is InChI=1S/C18H20ClN3O4S/c19-15-2-4-16(5-3-15)27(24,25)13-18(23)21-12-14-1-6-17(20-11-14)22-7-9-26-10-8-22/h1-6,11H,7-10,12-13H2,(H,21,23). The van der Waals surface area contributed by atoms with Gasteiger partial charge in [0.05, 0.1) is 18.1 Å². The Balaban J connectivity index is 1.53. The van der Waals surface area contributed by atoms with E-state index in [2.05, 4.69) is 15.2 Å². The molecule has 1 saturated heterocycles. The topological polar surface area (TPSA) is 88.6 Å². The number of halogens is 1. The number of pyridine rings is 1. The van der Waals surface area contributed by atoms with Crippen molar-refractivity contribution in [2.75, 3.05) is 37.0 Å². The van der Waals surface area contributed by atoms with Crippen LogP contribution in [0.15, 0.2) is 47.5 Å². The molecule has 0 radical (unpaired) electrons. The molecule has 0 bridgehead atoms. The van der Waals surface area contributed by atoms with Gasteiger partial charge in [-0.05, 0) is 35.9 Å². The number of sulfone groups is 1. The van der Waals surface area contributed by atoms with Crippen molar-refractivity contribution in [1.82, 2.24) is 10.3 Å². The van der Waals surface area contributed by atoms with Gasteiger partial charge in [-0.25, -0.2) is 13.4 Å². The third-order valence-corrected chi connectivity index (χ3v) is 6.01. The number of nitrogens with one attached hydrogen (secondary N) is 1. The molecule has 1 aliphatic rings. The van der Waals surface area contributed by atoms with Crippen molar-refractivity contribution >= 4 is 33.2 Å². The number of nitrogens with zero attached hydrogens (tertiary/aromatic N) is 2. The smallest absolute Gasteiger partial charge is 0.235 e. The maximum atomic E-state index is 12.3. The summed E-state index contributed by atoms with van der Waals surface area (Å²) in [6.07, 6.45) is 1.68. The monoisotopic (exact) mass is 409 g/mol. The molecule has 1 fully saturated rings. The molecule has 2 aromatic rings. The Labute approximate surface area is 163 Å². The second-order valence-electron chi connectivity index (χ2n) is 6.11. The van der Waals surface area contributed by atoms with E-state index >= 15 is 0 Å². The zero-order valence-corrected chi connectivity index (χ0v) is 16.2. The molecular weight excluding hydrogens is 390 g/mol. The molecule has 3 rings (SSSR count). The summed E-state index contributed by atoms with van der Waals surface area (Å²) in [7, 11) is -3.71. The van der Waals surface area contributed by atoms with Gasteiger partial charge in [-0.2, -0.15) is 0 Å². The number of morpholine rings is 1. The minimum atomic E-state index is -3.71. The van der Waals surface area contributed by atoms with Crippen LogP contribution < -0.4 is 10.2 Å². The van der Waals surface area contributed by atoms with E-state index in [-0.39, 0.29) is 11.4 Å². The maximum Gasteiger partial charge on any atom is 0.235 e. The lowest BCUT2D eigenvalue weighted by Crippen LogP contribution is -2.36. The second-order valence-corrected chi connectivity index (χ2v) is 8.54. The zero-order chi connectivity index (χ0) is 19.3. The Morgan fingerprint density at radius 2 is 1.85 bits per heavy atom. The summed E-state index contributed by atoms with van der Waals surface area (Å²) < 4.78 is 29.8. The van der Waals surface area contributed by atoms with Crippen molar-refractivity contribution in [3.63, 3.8) is 0 Å². The Bertz CT molecular complexity index is 880. The molecule has 1 aromatic carbocycles. The lowest BCUT2D eigenvalue weighted by Gasteiger charge is -2.27. The molecule has 1 aromatic heterocycles. The van der Waals surface area contributed by atoms with Crippen LogP contribution in [0.4, 0.5) is 5.82 Å². The van der Waals surface area contributed by atoms with Crippen molar-refractivity contribution in [3.8, 4) is 0 Å². The molecule has 0 saturated carbocycles. The third kappa shape index (κ3) is 5.41. The Morgan fingerprint density at radius 3 is 2.48 bits per heavy atom. The van der Waals surface area contributed by atoms with E-state index in [1.54, 1.807) is 6.20 Å². The van der Waals surface area contributed by atoms with E-state index in [4.69, 9.17) is 16.3 Å². The highest BCUT2D eigenvalue weighted by Crippen LogP contribution is 2.16. The molecule has 144 valence electrons. The van der Waals surface area contributed by atoms with Crippen LogP contribution >= 0.6 is 11.6 Å². The summed E-state index contributed by atoms with van der Waals surface area (Å²) in [6, 6.07) is 9.49. The lowest BCUT2D eigenvalue weighted by atomic mass is 10.2. The normalized spacial score (nSPS) is 14.8. The molecular formula is C18H20ClN3O4S. The van der Waals surface area contributed by atoms with Crippen molar-refractivity contribution in [1.29, 1.82) is 0 Å². The fourth-order valence-corrected chi connectivity index (χ4v) is 3.94. The van der Waals surface area contributed by atoms with E-state index in [0.717, 1.165) is 24.5 Å². The van der Waals surface area contributed by atoms with E-state index in [9.17, 15) is 13.2 Å². The summed E-state index contributed by atoms with van der Waals surface area (Å²) in [5.41, 5.74) is 0.796. The molecule has 2 heterocycles. The number of ether oxygens (including phenoxy) is 1. The fourth-order valence-electron chi connectivity index (χ4n) is 2.65. The summed E-state index contributed by atoms with van der Waals surface area (Å²) in [5, 5.41) is 3.05. The third-order valence-electron chi connectivity index (χ3n) is 4.13. The SMILES string of the molecule is O=C(CS(=O)(=O)c1ccc(Cl)cc1)NCc1ccc(N2CCOCC2)nc1. The number of hydrogen-bond acceptors (Lipinski definition) is 6. The Kier molecular flexibility index (Phi) is 6.30. The number of carbonyl (C=O) groups excluding carboxylic acids is 1. The number of hydrogen-bond donors (Lipinski definition) is 1. The number of aromatic nitrogens is 1.